The van der Waals surface area contributed by atoms with E-state index >= 15 is 0 Å². The second-order valence-electron chi connectivity index (χ2n) is 7.42. The maximum Gasteiger partial charge on any atom is 0.309 e. The van der Waals surface area contributed by atoms with E-state index in [1.54, 1.807) is 0 Å². The van der Waals surface area contributed by atoms with Crippen LogP contribution in [0, 0.1) is 12.8 Å². The topological polar surface area (TPSA) is 70.8 Å². The molecule has 0 amide bonds. The molecule has 30 heavy (non-hydrogen) atoms. The highest BCUT2D eigenvalue weighted by Gasteiger charge is 2.33. The Morgan fingerprint density at radius 2 is 2.03 bits per heavy atom. The summed E-state index contributed by atoms with van der Waals surface area (Å²) >= 11 is 0. The summed E-state index contributed by atoms with van der Waals surface area (Å²) in [5.74, 6) is 2.43. The third-order valence-corrected chi connectivity index (χ3v) is 5.50. The molecular weight excluding hydrogens is 382 g/mol. The molecule has 1 aliphatic rings. The number of nitrogens with zero attached hydrogens (tertiary/aromatic N) is 1. The van der Waals surface area contributed by atoms with Gasteiger partial charge in [-0.3, -0.25) is 4.79 Å². The van der Waals surface area contributed by atoms with Crippen molar-refractivity contribution in [3.8, 4) is 23.0 Å². The van der Waals surface area contributed by atoms with Crippen LogP contribution in [0.5, 0.6) is 11.5 Å². The van der Waals surface area contributed by atoms with Gasteiger partial charge in [-0.2, -0.15) is 0 Å². The van der Waals surface area contributed by atoms with Gasteiger partial charge in [-0.05, 0) is 25.1 Å². The smallest absolute Gasteiger partial charge is 0.309 e. The fourth-order valence-electron chi connectivity index (χ4n) is 3.70. The summed E-state index contributed by atoms with van der Waals surface area (Å²) in [6.45, 7) is 4.72. The summed E-state index contributed by atoms with van der Waals surface area (Å²) in [6.07, 6.45) is 0.641. The van der Waals surface area contributed by atoms with Crippen molar-refractivity contribution in [2.75, 3.05) is 20.3 Å². The molecule has 4 rings (SSSR count). The Morgan fingerprint density at radius 1 is 1.23 bits per heavy atom. The van der Waals surface area contributed by atoms with Crippen molar-refractivity contribution in [1.82, 2.24) is 4.98 Å². The van der Waals surface area contributed by atoms with Crippen LogP contribution < -0.4 is 9.47 Å². The molecule has 2 aromatic carbocycles. The van der Waals surface area contributed by atoms with Crippen LogP contribution in [0.3, 0.4) is 0 Å². The van der Waals surface area contributed by atoms with E-state index in [-0.39, 0.29) is 17.8 Å². The van der Waals surface area contributed by atoms with Crippen LogP contribution in [0.15, 0.2) is 52.9 Å². The molecule has 156 valence electrons. The van der Waals surface area contributed by atoms with Crippen molar-refractivity contribution >= 4 is 5.97 Å². The average Bonchev–Trinajstić information content (AvgIpc) is 3.36. The van der Waals surface area contributed by atoms with Crippen molar-refractivity contribution in [2.45, 2.75) is 26.2 Å². The summed E-state index contributed by atoms with van der Waals surface area (Å²) in [5, 5.41) is 0. The molecular formula is C24H25NO5. The highest BCUT2D eigenvalue weighted by molar-refractivity contribution is 5.73. The summed E-state index contributed by atoms with van der Waals surface area (Å²) < 4.78 is 22.4. The monoisotopic (exact) mass is 407 g/mol. The van der Waals surface area contributed by atoms with Crippen molar-refractivity contribution < 1.29 is 23.4 Å². The van der Waals surface area contributed by atoms with Gasteiger partial charge in [-0.1, -0.05) is 31.2 Å². The van der Waals surface area contributed by atoms with E-state index in [0.29, 0.717) is 25.5 Å². The predicted molar refractivity (Wildman–Crippen MR) is 112 cm³/mol. The number of benzene rings is 2. The average molecular weight is 407 g/mol. The molecule has 6 heteroatoms. The zero-order valence-corrected chi connectivity index (χ0v) is 17.4. The standard InChI is InChI=1S/C24H25NO5/c1-15(24(26)27-3)20-14-29-22-13-18(9-10-19(20)22)28-12-11-21-16(2)30-23(25-21)17-7-5-4-6-8-17/h4-10,13,15,20H,11-12,14H2,1-3H3. The van der Waals surface area contributed by atoms with Crippen molar-refractivity contribution in [3.05, 3.63) is 65.5 Å². The lowest BCUT2D eigenvalue weighted by molar-refractivity contribution is -0.145. The van der Waals surface area contributed by atoms with Gasteiger partial charge in [-0.15, -0.1) is 0 Å². The van der Waals surface area contributed by atoms with Crippen molar-refractivity contribution in [2.24, 2.45) is 5.92 Å². The van der Waals surface area contributed by atoms with E-state index in [4.69, 9.17) is 18.6 Å². The molecule has 0 fully saturated rings. The Bertz CT molecular complexity index is 1030. The maximum absolute atomic E-state index is 11.9. The van der Waals surface area contributed by atoms with Gasteiger partial charge in [0.1, 0.15) is 17.3 Å². The molecule has 2 atom stereocenters. The van der Waals surface area contributed by atoms with E-state index in [1.807, 2.05) is 62.4 Å². The van der Waals surface area contributed by atoms with E-state index < -0.39 is 0 Å². The fraction of sp³-hybridized carbons (Fsp3) is 0.333. The summed E-state index contributed by atoms with van der Waals surface area (Å²) in [6, 6.07) is 15.6. The van der Waals surface area contributed by atoms with Crippen molar-refractivity contribution in [3.63, 3.8) is 0 Å². The van der Waals surface area contributed by atoms with E-state index in [1.165, 1.54) is 7.11 Å². The molecule has 1 aliphatic heterocycles. The zero-order chi connectivity index (χ0) is 21.1. The molecule has 0 saturated heterocycles. The third kappa shape index (κ3) is 4.03. The number of methoxy groups -OCH3 is 1. The Morgan fingerprint density at radius 3 is 2.80 bits per heavy atom. The molecule has 0 saturated carbocycles. The van der Waals surface area contributed by atoms with Gasteiger partial charge in [0.25, 0.3) is 0 Å². The molecule has 0 spiro atoms. The quantitative estimate of drug-likeness (QED) is 0.535. The van der Waals surface area contributed by atoms with Crippen LogP contribution in [-0.2, 0) is 16.0 Å². The van der Waals surface area contributed by atoms with Gasteiger partial charge in [0.2, 0.25) is 5.89 Å². The molecule has 0 aliphatic carbocycles. The fourth-order valence-corrected chi connectivity index (χ4v) is 3.70. The van der Waals surface area contributed by atoms with Crippen LogP contribution in [0.1, 0.15) is 29.9 Å². The van der Waals surface area contributed by atoms with Crippen LogP contribution in [0.25, 0.3) is 11.5 Å². The first kappa shape index (κ1) is 20.0. The largest absolute Gasteiger partial charge is 0.493 e. The number of esters is 1. The lowest BCUT2D eigenvalue weighted by Crippen LogP contribution is -2.21. The van der Waals surface area contributed by atoms with Gasteiger partial charge in [0, 0.05) is 29.5 Å². The number of fused-ring (bicyclic) bond motifs is 1. The number of oxazole rings is 1. The van der Waals surface area contributed by atoms with Crippen LogP contribution in [-0.4, -0.2) is 31.3 Å². The molecule has 2 heterocycles. The van der Waals surface area contributed by atoms with Gasteiger partial charge in [0.05, 0.1) is 31.9 Å². The number of rotatable bonds is 7. The number of aromatic nitrogens is 1. The van der Waals surface area contributed by atoms with Crippen LogP contribution >= 0.6 is 0 Å². The summed E-state index contributed by atoms with van der Waals surface area (Å²) in [7, 11) is 1.41. The molecule has 1 aromatic heterocycles. The van der Waals surface area contributed by atoms with Gasteiger partial charge < -0.3 is 18.6 Å². The Hall–Kier alpha value is -3.28. The minimum Gasteiger partial charge on any atom is -0.493 e. The van der Waals surface area contributed by atoms with Crippen molar-refractivity contribution in [1.29, 1.82) is 0 Å². The van der Waals surface area contributed by atoms with Gasteiger partial charge in [-0.25, -0.2) is 4.98 Å². The van der Waals surface area contributed by atoms with Gasteiger partial charge >= 0.3 is 5.97 Å². The molecule has 6 nitrogen and oxygen atoms in total. The Balaban J connectivity index is 1.38. The van der Waals surface area contributed by atoms with Crippen LogP contribution in [0.2, 0.25) is 0 Å². The minimum absolute atomic E-state index is 0.00399. The normalized spacial score (nSPS) is 15.9. The van der Waals surface area contributed by atoms with E-state index in [2.05, 4.69) is 4.98 Å². The molecule has 0 N–H and O–H groups in total. The Kier molecular flexibility index (Phi) is 5.74. The lowest BCUT2D eigenvalue weighted by Gasteiger charge is -2.15. The third-order valence-electron chi connectivity index (χ3n) is 5.50. The summed E-state index contributed by atoms with van der Waals surface area (Å²) in [4.78, 5) is 16.5. The number of hydrogen-bond acceptors (Lipinski definition) is 6. The highest BCUT2D eigenvalue weighted by Crippen LogP contribution is 2.40. The molecule has 3 aromatic rings. The molecule has 2 unspecified atom stereocenters. The van der Waals surface area contributed by atoms with Gasteiger partial charge in [0.15, 0.2) is 0 Å². The van der Waals surface area contributed by atoms with Crippen LogP contribution in [0.4, 0.5) is 0 Å². The predicted octanol–water partition coefficient (Wildman–Crippen LogP) is 4.56. The first-order valence-corrected chi connectivity index (χ1v) is 10.1. The molecule has 0 bridgehead atoms. The Labute approximate surface area is 175 Å². The second-order valence-corrected chi connectivity index (χ2v) is 7.42. The summed E-state index contributed by atoms with van der Waals surface area (Å²) in [5.41, 5.74) is 2.86. The lowest BCUT2D eigenvalue weighted by atomic mass is 9.89. The zero-order valence-electron chi connectivity index (χ0n) is 17.4. The maximum atomic E-state index is 11.9. The number of carbonyl (C=O) groups excluding carboxylic acids is 1. The minimum atomic E-state index is -0.253. The second kappa shape index (κ2) is 8.61. The number of aryl methyl sites for hydroxylation is 1. The molecule has 0 radical (unpaired) electrons. The first-order chi connectivity index (χ1) is 14.6. The van der Waals surface area contributed by atoms with E-state index in [0.717, 1.165) is 34.1 Å². The number of hydrogen-bond donors (Lipinski definition) is 0. The number of ether oxygens (including phenoxy) is 3. The SMILES string of the molecule is COC(=O)C(C)C1COc2cc(OCCc3nc(-c4ccccc4)oc3C)ccc21. The van der Waals surface area contributed by atoms with E-state index in [9.17, 15) is 4.79 Å². The highest BCUT2D eigenvalue weighted by atomic mass is 16.5. The first-order valence-electron chi connectivity index (χ1n) is 10.1. The number of carbonyl (C=O) groups is 1.